The number of amides is 1. The Morgan fingerprint density at radius 1 is 1.60 bits per heavy atom. The zero-order valence-corrected chi connectivity index (χ0v) is 10.9. The largest absolute Gasteiger partial charge is 0.395 e. The Morgan fingerprint density at radius 3 is 2.60 bits per heavy atom. The third-order valence-electron chi connectivity index (χ3n) is 2.01. The molecule has 0 aromatic carbocycles. The molecule has 1 atom stereocenters. The standard InChI is InChI=1S/C9H20N2O2S.ClH/c1-3-11(5-6-12)9(13)8(10)4-7-14-2;/h8,12H,3-7,10H2,1-2H3;1H/t8-;/m0./s1. The lowest BCUT2D eigenvalue weighted by atomic mass is 10.2. The van der Waals surface area contributed by atoms with Crippen molar-refractivity contribution < 1.29 is 9.90 Å². The Labute approximate surface area is 102 Å². The van der Waals surface area contributed by atoms with Crippen LogP contribution in [0, 0.1) is 0 Å². The van der Waals surface area contributed by atoms with Crippen LogP contribution in [0.2, 0.25) is 0 Å². The summed E-state index contributed by atoms with van der Waals surface area (Å²) in [5.41, 5.74) is 5.72. The molecule has 0 spiro atoms. The minimum absolute atomic E-state index is 0. The first-order valence-corrected chi connectivity index (χ1v) is 6.20. The first-order chi connectivity index (χ1) is 6.67. The number of nitrogens with zero attached hydrogens (tertiary/aromatic N) is 1. The first-order valence-electron chi connectivity index (χ1n) is 4.81. The third-order valence-corrected chi connectivity index (χ3v) is 2.66. The lowest BCUT2D eigenvalue weighted by Gasteiger charge is -2.23. The third kappa shape index (κ3) is 7.00. The van der Waals surface area contributed by atoms with Gasteiger partial charge >= 0.3 is 0 Å². The first kappa shape index (κ1) is 17.4. The van der Waals surface area contributed by atoms with Gasteiger partial charge in [0.25, 0.3) is 0 Å². The van der Waals surface area contributed by atoms with Gasteiger partial charge < -0.3 is 15.7 Å². The van der Waals surface area contributed by atoms with Crippen molar-refractivity contribution in [3.63, 3.8) is 0 Å². The number of aliphatic hydroxyl groups excluding tert-OH is 1. The highest BCUT2D eigenvalue weighted by Gasteiger charge is 2.18. The second-order valence-electron chi connectivity index (χ2n) is 3.03. The number of hydrogen-bond acceptors (Lipinski definition) is 4. The van der Waals surface area contributed by atoms with E-state index >= 15 is 0 Å². The van der Waals surface area contributed by atoms with E-state index in [9.17, 15) is 4.79 Å². The molecular formula is C9H21ClN2O2S. The van der Waals surface area contributed by atoms with E-state index in [2.05, 4.69) is 0 Å². The van der Waals surface area contributed by atoms with Crippen molar-refractivity contribution in [3.8, 4) is 0 Å². The van der Waals surface area contributed by atoms with Gasteiger partial charge in [-0.2, -0.15) is 11.8 Å². The van der Waals surface area contributed by atoms with Crippen molar-refractivity contribution >= 4 is 30.1 Å². The summed E-state index contributed by atoms with van der Waals surface area (Å²) in [5.74, 6) is 0.833. The molecule has 0 heterocycles. The Balaban J connectivity index is 0. The van der Waals surface area contributed by atoms with E-state index in [0.29, 0.717) is 19.5 Å². The second kappa shape index (κ2) is 10.5. The molecule has 6 heteroatoms. The highest BCUT2D eigenvalue weighted by Crippen LogP contribution is 2.02. The molecule has 3 N–H and O–H groups in total. The molecule has 0 aliphatic carbocycles. The quantitative estimate of drug-likeness (QED) is 0.689. The molecule has 0 rings (SSSR count). The minimum atomic E-state index is -0.422. The number of aliphatic hydroxyl groups is 1. The molecule has 0 radical (unpaired) electrons. The van der Waals surface area contributed by atoms with Gasteiger partial charge in [0, 0.05) is 13.1 Å². The summed E-state index contributed by atoms with van der Waals surface area (Å²) in [6.07, 6.45) is 2.68. The van der Waals surface area contributed by atoms with Gasteiger partial charge in [-0.05, 0) is 25.4 Å². The monoisotopic (exact) mass is 256 g/mol. The van der Waals surface area contributed by atoms with Crippen molar-refractivity contribution in [1.29, 1.82) is 0 Å². The van der Waals surface area contributed by atoms with Gasteiger partial charge in [-0.1, -0.05) is 0 Å². The summed E-state index contributed by atoms with van der Waals surface area (Å²) >= 11 is 1.68. The normalized spacial score (nSPS) is 11.7. The van der Waals surface area contributed by atoms with Crippen molar-refractivity contribution in [3.05, 3.63) is 0 Å². The number of likely N-dealkylation sites (N-methyl/N-ethyl adjacent to an activating group) is 1. The van der Waals surface area contributed by atoms with Crippen molar-refractivity contribution in [2.24, 2.45) is 5.73 Å². The molecule has 1 amide bonds. The SMILES string of the molecule is CCN(CCO)C(=O)[C@@H](N)CCSC.Cl. The number of rotatable bonds is 7. The number of nitrogens with two attached hydrogens (primary N) is 1. The summed E-state index contributed by atoms with van der Waals surface area (Å²) in [6.45, 7) is 2.86. The van der Waals surface area contributed by atoms with Crippen LogP contribution in [0.15, 0.2) is 0 Å². The smallest absolute Gasteiger partial charge is 0.239 e. The zero-order chi connectivity index (χ0) is 11.0. The summed E-state index contributed by atoms with van der Waals surface area (Å²) in [5, 5.41) is 8.74. The average molecular weight is 257 g/mol. The highest BCUT2D eigenvalue weighted by molar-refractivity contribution is 7.98. The molecule has 0 aromatic rings. The van der Waals surface area contributed by atoms with Gasteiger partial charge in [0.2, 0.25) is 5.91 Å². The molecule has 0 unspecified atom stereocenters. The molecule has 0 saturated carbocycles. The van der Waals surface area contributed by atoms with Crippen LogP contribution in [-0.4, -0.2) is 53.7 Å². The Morgan fingerprint density at radius 2 is 2.20 bits per heavy atom. The van der Waals surface area contributed by atoms with Crippen LogP contribution in [0.5, 0.6) is 0 Å². The predicted octanol–water partition coefficient (Wildman–Crippen LogP) is 0.329. The van der Waals surface area contributed by atoms with E-state index in [1.54, 1.807) is 16.7 Å². The fraction of sp³-hybridized carbons (Fsp3) is 0.889. The van der Waals surface area contributed by atoms with E-state index in [-0.39, 0.29) is 24.9 Å². The maximum absolute atomic E-state index is 11.7. The maximum atomic E-state index is 11.7. The van der Waals surface area contributed by atoms with Crippen LogP contribution < -0.4 is 5.73 Å². The van der Waals surface area contributed by atoms with E-state index < -0.39 is 6.04 Å². The molecule has 0 bridgehead atoms. The number of carbonyl (C=O) groups is 1. The summed E-state index contributed by atoms with van der Waals surface area (Å²) in [7, 11) is 0. The Bertz CT molecular complexity index is 172. The fourth-order valence-corrected chi connectivity index (χ4v) is 1.64. The van der Waals surface area contributed by atoms with Gasteiger partial charge in [-0.15, -0.1) is 12.4 Å². The summed E-state index contributed by atoms with van der Waals surface area (Å²) < 4.78 is 0. The van der Waals surface area contributed by atoms with E-state index in [1.165, 1.54) is 0 Å². The van der Waals surface area contributed by atoms with Crippen molar-refractivity contribution in [1.82, 2.24) is 4.90 Å². The number of hydrogen-bond donors (Lipinski definition) is 2. The molecule has 15 heavy (non-hydrogen) atoms. The number of carbonyl (C=O) groups excluding carboxylic acids is 1. The van der Waals surface area contributed by atoms with Gasteiger partial charge in [-0.25, -0.2) is 0 Å². The van der Waals surface area contributed by atoms with Crippen LogP contribution in [0.1, 0.15) is 13.3 Å². The van der Waals surface area contributed by atoms with Crippen LogP contribution in [0.25, 0.3) is 0 Å². The van der Waals surface area contributed by atoms with Crippen LogP contribution >= 0.6 is 24.2 Å². The maximum Gasteiger partial charge on any atom is 0.239 e. The number of halogens is 1. The molecule has 0 aliphatic rings. The summed E-state index contributed by atoms with van der Waals surface area (Å²) in [4.78, 5) is 13.2. The van der Waals surface area contributed by atoms with Crippen LogP contribution in [0.4, 0.5) is 0 Å². The predicted molar refractivity (Wildman–Crippen MR) is 67.6 cm³/mol. The van der Waals surface area contributed by atoms with E-state index in [4.69, 9.17) is 10.8 Å². The van der Waals surface area contributed by atoms with Gasteiger partial charge in [0.05, 0.1) is 12.6 Å². The van der Waals surface area contributed by atoms with Gasteiger partial charge in [0.1, 0.15) is 0 Å². The molecule has 0 aliphatic heterocycles. The van der Waals surface area contributed by atoms with Crippen LogP contribution in [-0.2, 0) is 4.79 Å². The second-order valence-corrected chi connectivity index (χ2v) is 4.02. The zero-order valence-electron chi connectivity index (χ0n) is 9.31. The molecular weight excluding hydrogens is 236 g/mol. The minimum Gasteiger partial charge on any atom is -0.395 e. The summed E-state index contributed by atoms with van der Waals surface area (Å²) in [6, 6.07) is -0.422. The molecule has 92 valence electrons. The van der Waals surface area contributed by atoms with Crippen LogP contribution in [0.3, 0.4) is 0 Å². The molecule has 4 nitrogen and oxygen atoms in total. The van der Waals surface area contributed by atoms with Gasteiger partial charge in [0.15, 0.2) is 0 Å². The van der Waals surface area contributed by atoms with E-state index in [1.807, 2.05) is 13.2 Å². The Hall–Kier alpha value is 0.0300. The molecule has 0 aromatic heterocycles. The number of thioether (sulfide) groups is 1. The lowest BCUT2D eigenvalue weighted by molar-refractivity contribution is -0.132. The average Bonchev–Trinajstić information content (AvgIpc) is 2.21. The molecule has 0 saturated heterocycles. The van der Waals surface area contributed by atoms with E-state index in [0.717, 1.165) is 5.75 Å². The molecule has 0 fully saturated rings. The lowest BCUT2D eigenvalue weighted by Crippen LogP contribution is -2.45. The highest BCUT2D eigenvalue weighted by atomic mass is 35.5. The van der Waals surface area contributed by atoms with Crippen molar-refractivity contribution in [2.75, 3.05) is 31.7 Å². The fourth-order valence-electron chi connectivity index (χ4n) is 1.15. The van der Waals surface area contributed by atoms with Crippen molar-refractivity contribution in [2.45, 2.75) is 19.4 Å². The van der Waals surface area contributed by atoms with Gasteiger partial charge in [-0.3, -0.25) is 4.79 Å². The topological polar surface area (TPSA) is 66.6 Å². The Kier molecular flexibility index (Phi) is 12.2.